The number of carbonyl (C=O) groups is 2. The first-order valence-electron chi connectivity index (χ1n) is 8.37. The third-order valence-electron chi connectivity index (χ3n) is 4.51. The summed E-state index contributed by atoms with van der Waals surface area (Å²) in [4.78, 5) is 41.2. The second-order valence-corrected chi connectivity index (χ2v) is 6.15. The van der Waals surface area contributed by atoms with Crippen molar-refractivity contribution >= 4 is 34.4 Å². The van der Waals surface area contributed by atoms with E-state index in [1.54, 1.807) is 35.2 Å². The van der Waals surface area contributed by atoms with E-state index in [0.29, 0.717) is 29.8 Å². The van der Waals surface area contributed by atoms with E-state index in [1.807, 2.05) is 24.3 Å². The summed E-state index contributed by atoms with van der Waals surface area (Å²) >= 11 is 0. The minimum atomic E-state index is -0.252. The Morgan fingerprint density at radius 1 is 1.04 bits per heavy atom. The minimum absolute atomic E-state index is 0.0413. The van der Waals surface area contributed by atoms with Crippen LogP contribution in [-0.2, 0) is 4.79 Å². The first-order valence-corrected chi connectivity index (χ1v) is 8.37. The van der Waals surface area contributed by atoms with Crippen molar-refractivity contribution in [2.24, 2.45) is 0 Å². The van der Waals surface area contributed by atoms with E-state index in [4.69, 9.17) is 0 Å². The number of carbonyl (C=O) groups excluding carboxylic acids is 2. The van der Waals surface area contributed by atoms with Gasteiger partial charge in [0.05, 0.1) is 5.69 Å². The molecule has 3 aromatic rings. The van der Waals surface area contributed by atoms with Crippen LogP contribution < -0.4 is 10.5 Å². The van der Waals surface area contributed by atoms with E-state index < -0.39 is 0 Å². The Hall–Kier alpha value is -3.47. The Labute approximate surface area is 149 Å². The van der Waals surface area contributed by atoms with Crippen molar-refractivity contribution in [1.29, 1.82) is 0 Å². The van der Waals surface area contributed by atoms with Gasteiger partial charge in [-0.3, -0.25) is 14.4 Å². The molecule has 0 atom stereocenters. The monoisotopic (exact) mass is 344 g/mol. The summed E-state index contributed by atoms with van der Waals surface area (Å²) in [5.41, 5.74) is 2.10. The first kappa shape index (κ1) is 16.0. The molecule has 2 heterocycles. The molecule has 1 amide bonds. The molecule has 1 aliphatic rings. The quantitative estimate of drug-likeness (QED) is 0.726. The van der Waals surface area contributed by atoms with Gasteiger partial charge >= 0.3 is 0 Å². The van der Waals surface area contributed by atoms with E-state index in [-0.39, 0.29) is 17.2 Å². The van der Waals surface area contributed by atoms with Crippen molar-refractivity contribution in [3.63, 3.8) is 0 Å². The van der Waals surface area contributed by atoms with Crippen LogP contribution >= 0.6 is 0 Å². The van der Waals surface area contributed by atoms with Gasteiger partial charge in [-0.05, 0) is 35.7 Å². The highest BCUT2D eigenvalue weighted by Crippen LogP contribution is 2.27. The van der Waals surface area contributed by atoms with E-state index in [9.17, 15) is 14.4 Å². The van der Waals surface area contributed by atoms with Crippen LogP contribution in [0.5, 0.6) is 0 Å². The molecule has 5 nitrogen and oxygen atoms in total. The molecule has 0 spiro atoms. The average molecular weight is 344 g/mol. The van der Waals surface area contributed by atoms with Gasteiger partial charge in [-0.1, -0.05) is 30.3 Å². The van der Waals surface area contributed by atoms with Crippen molar-refractivity contribution < 1.29 is 9.59 Å². The Morgan fingerprint density at radius 3 is 2.69 bits per heavy atom. The van der Waals surface area contributed by atoms with E-state index >= 15 is 0 Å². The van der Waals surface area contributed by atoms with E-state index in [2.05, 4.69) is 4.98 Å². The molecular formula is C21H16N2O3. The summed E-state index contributed by atoms with van der Waals surface area (Å²) in [6, 6.07) is 16.3. The van der Waals surface area contributed by atoms with Crippen LogP contribution in [0.25, 0.3) is 17.0 Å². The number of aromatic amines is 1. The molecule has 0 radical (unpaired) electrons. The van der Waals surface area contributed by atoms with Crippen LogP contribution in [0.4, 0.5) is 5.69 Å². The van der Waals surface area contributed by atoms with Gasteiger partial charge in [0.2, 0.25) is 0 Å². The number of H-pyrrole nitrogens is 1. The zero-order valence-electron chi connectivity index (χ0n) is 13.9. The molecule has 0 aliphatic carbocycles. The number of hydrogen-bond acceptors (Lipinski definition) is 3. The van der Waals surface area contributed by atoms with Crippen LogP contribution in [0.1, 0.15) is 22.3 Å². The fraction of sp³-hybridized carbons (Fsp3) is 0.0952. The second-order valence-electron chi connectivity index (χ2n) is 6.15. The fourth-order valence-electron chi connectivity index (χ4n) is 3.18. The van der Waals surface area contributed by atoms with Crippen LogP contribution in [0, 0.1) is 0 Å². The third-order valence-corrected chi connectivity index (χ3v) is 4.51. The summed E-state index contributed by atoms with van der Waals surface area (Å²) in [6.07, 6.45) is 3.20. The normalized spacial score (nSPS) is 14.0. The highest BCUT2D eigenvalue weighted by Gasteiger charge is 2.25. The smallest absolute Gasteiger partial charge is 0.255 e. The molecule has 0 fully saturated rings. The Balaban J connectivity index is 1.65. The maximum absolute atomic E-state index is 12.6. The number of amides is 1. The second kappa shape index (κ2) is 6.44. The zero-order valence-corrected chi connectivity index (χ0v) is 13.9. The molecule has 128 valence electrons. The number of fused-ring (bicyclic) bond motifs is 2. The molecule has 2 aromatic carbocycles. The summed E-state index contributed by atoms with van der Waals surface area (Å²) in [6.45, 7) is 0.340. The first-order chi connectivity index (χ1) is 12.6. The lowest BCUT2D eigenvalue weighted by Gasteiger charge is -2.27. The van der Waals surface area contributed by atoms with Crippen molar-refractivity contribution in [3.8, 4) is 0 Å². The van der Waals surface area contributed by atoms with E-state index in [1.165, 1.54) is 12.2 Å². The molecule has 1 aromatic heterocycles. The molecule has 0 bridgehead atoms. The highest BCUT2D eigenvalue weighted by molar-refractivity contribution is 6.12. The summed E-state index contributed by atoms with van der Waals surface area (Å²) in [5.74, 6) is -0.211. The van der Waals surface area contributed by atoms with Crippen molar-refractivity contribution in [3.05, 3.63) is 82.2 Å². The van der Waals surface area contributed by atoms with Crippen molar-refractivity contribution in [2.45, 2.75) is 6.42 Å². The van der Waals surface area contributed by atoms with Crippen LogP contribution in [0.15, 0.2) is 65.5 Å². The number of rotatable bonds is 2. The molecule has 5 heteroatoms. The highest BCUT2D eigenvalue weighted by atomic mass is 16.2. The lowest BCUT2D eigenvalue weighted by molar-refractivity contribution is -0.114. The largest absolute Gasteiger partial charge is 0.321 e. The maximum atomic E-state index is 12.6. The zero-order chi connectivity index (χ0) is 18.1. The molecule has 1 aliphatic heterocycles. The number of pyridine rings is 1. The van der Waals surface area contributed by atoms with Gasteiger partial charge in [-0.15, -0.1) is 0 Å². The van der Waals surface area contributed by atoms with Crippen molar-refractivity contribution in [2.75, 3.05) is 11.4 Å². The number of ketones is 1. The minimum Gasteiger partial charge on any atom is -0.321 e. The standard InChI is InChI=1S/C21H16N2O3/c24-19-11-12-23(18-8-4-2-6-16(18)19)20(25)10-9-15-13-14-5-1-3-7-17(14)22-21(15)26/h1-10,13H,11-12H2,(H,22,26)/b10-9+. The van der Waals surface area contributed by atoms with Gasteiger partial charge < -0.3 is 9.88 Å². The number of benzene rings is 2. The SMILES string of the molecule is O=C1CCN(C(=O)/C=C/c2cc3ccccc3[nH]c2=O)c2ccccc21. The molecule has 0 saturated heterocycles. The molecular weight excluding hydrogens is 328 g/mol. The lowest BCUT2D eigenvalue weighted by Crippen LogP contribution is -2.36. The fourth-order valence-corrected chi connectivity index (χ4v) is 3.18. The van der Waals surface area contributed by atoms with Gasteiger partial charge in [0.25, 0.3) is 11.5 Å². The third kappa shape index (κ3) is 2.84. The topological polar surface area (TPSA) is 70.2 Å². The number of Topliss-reactive ketones (excluding diaryl/α,β-unsaturated/α-hetero) is 1. The van der Waals surface area contributed by atoms with Gasteiger partial charge in [0, 0.05) is 35.7 Å². The maximum Gasteiger partial charge on any atom is 0.255 e. The Morgan fingerprint density at radius 2 is 1.81 bits per heavy atom. The molecule has 0 unspecified atom stereocenters. The number of nitrogens with zero attached hydrogens (tertiary/aromatic N) is 1. The van der Waals surface area contributed by atoms with Crippen molar-refractivity contribution in [1.82, 2.24) is 4.98 Å². The summed E-state index contributed by atoms with van der Waals surface area (Å²) < 4.78 is 0. The van der Waals surface area contributed by atoms with Crippen LogP contribution in [-0.4, -0.2) is 23.2 Å². The van der Waals surface area contributed by atoms with Gasteiger partial charge in [-0.25, -0.2) is 0 Å². The number of hydrogen-bond donors (Lipinski definition) is 1. The van der Waals surface area contributed by atoms with Crippen LogP contribution in [0.2, 0.25) is 0 Å². The summed E-state index contributed by atoms with van der Waals surface area (Å²) in [5, 5.41) is 0.896. The molecule has 0 saturated carbocycles. The molecule has 1 N–H and O–H groups in total. The number of anilines is 1. The molecule has 26 heavy (non-hydrogen) atoms. The lowest BCUT2D eigenvalue weighted by atomic mass is 10.0. The van der Waals surface area contributed by atoms with Crippen LogP contribution in [0.3, 0.4) is 0 Å². The van der Waals surface area contributed by atoms with Gasteiger partial charge in [-0.2, -0.15) is 0 Å². The predicted molar refractivity (Wildman–Crippen MR) is 101 cm³/mol. The van der Waals surface area contributed by atoms with Gasteiger partial charge in [0.15, 0.2) is 5.78 Å². The van der Waals surface area contributed by atoms with Gasteiger partial charge in [0.1, 0.15) is 0 Å². The Bertz CT molecular complexity index is 1110. The number of nitrogens with one attached hydrogen (secondary N) is 1. The Kier molecular flexibility index (Phi) is 3.97. The summed E-state index contributed by atoms with van der Waals surface area (Å²) in [7, 11) is 0. The average Bonchev–Trinajstić information content (AvgIpc) is 2.66. The predicted octanol–water partition coefficient (Wildman–Crippen LogP) is 3.16. The number of aromatic nitrogens is 1. The number of para-hydroxylation sites is 2. The van der Waals surface area contributed by atoms with E-state index in [0.717, 1.165) is 10.9 Å². The molecule has 4 rings (SSSR count).